The van der Waals surface area contributed by atoms with E-state index in [1.165, 1.54) is 36.9 Å². The van der Waals surface area contributed by atoms with Gasteiger partial charge in [0.15, 0.2) is 0 Å². The van der Waals surface area contributed by atoms with E-state index in [2.05, 4.69) is 77.0 Å². The molecule has 2 atom stereocenters. The topological polar surface area (TPSA) is 12.0 Å². The number of hydrogen-bond donors (Lipinski definition) is 1. The van der Waals surface area contributed by atoms with Crippen LogP contribution in [-0.2, 0) is 0 Å². The molecule has 112 valence electrons. The number of anilines is 1. The Balaban J connectivity index is 2.23. The predicted molar refractivity (Wildman–Crippen MR) is 95.4 cm³/mol. The van der Waals surface area contributed by atoms with Crippen LogP contribution in [0, 0.1) is 18.3 Å². The molecule has 2 rings (SSSR count). The second-order valence-corrected chi connectivity index (χ2v) is 8.82. The number of aryl methyl sites for hydroxylation is 1. The largest absolute Gasteiger partial charge is 0.380 e. The highest BCUT2D eigenvalue weighted by Gasteiger charge is 2.34. The maximum atomic E-state index is 3.81. The van der Waals surface area contributed by atoms with Crippen LogP contribution < -0.4 is 5.32 Å². The van der Waals surface area contributed by atoms with Crippen LogP contribution in [0.1, 0.15) is 52.0 Å². The van der Waals surface area contributed by atoms with E-state index < -0.39 is 0 Å². The van der Waals surface area contributed by atoms with Gasteiger partial charge in [-0.3, -0.25) is 0 Å². The maximum Gasteiger partial charge on any atom is 0.0631 e. The highest BCUT2D eigenvalue weighted by Crippen LogP contribution is 2.41. The number of halogens is 2. The average molecular weight is 403 g/mol. The Hall–Kier alpha value is -0.0200. The Kier molecular flexibility index (Phi) is 5.23. The van der Waals surface area contributed by atoms with Crippen LogP contribution >= 0.6 is 31.9 Å². The highest BCUT2D eigenvalue weighted by atomic mass is 79.9. The van der Waals surface area contributed by atoms with Gasteiger partial charge in [-0.25, -0.2) is 0 Å². The fourth-order valence-corrected chi connectivity index (χ4v) is 5.01. The number of hydrogen-bond acceptors (Lipinski definition) is 1. The summed E-state index contributed by atoms with van der Waals surface area (Å²) in [4.78, 5) is 0. The average Bonchev–Trinajstić information content (AvgIpc) is 2.33. The van der Waals surface area contributed by atoms with E-state index >= 15 is 0 Å². The molecular weight excluding hydrogens is 378 g/mol. The van der Waals surface area contributed by atoms with Crippen molar-refractivity contribution in [2.75, 3.05) is 5.32 Å². The molecule has 1 N–H and O–H groups in total. The fraction of sp³-hybridized carbons (Fsp3) is 0.647. The lowest BCUT2D eigenvalue weighted by molar-refractivity contribution is 0.163. The van der Waals surface area contributed by atoms with Gasteiger partial charge in [-0.05, 0) is 80.7 Å². The molecule has 1 fully saturated rings. The minimum atomic E-state index is 0.363. The zero-order chi connectivity index (χ0) is 14.9. The van der Waals surface area contributed by atoms with Crippen molar-refractivity contribution >= 4 is 37.5 Å². The lowest BCUT2D eigenvalue weighted by Gasteiger charge is -2.41. The van der Waals surface area contributed by atoms with Crippen LogP contribution in [-0.4, -0.2) is 6.04 Å². The Labute approximate surface area is 140 Å². The van der Waals surface area contributed by atoms with Crippen molar-refractivity contribution in [2.45, 2.75) is 59.4 Å². The normalized spacial score (nSPS) is 23.7. The van der Waals surface area contributed by atoms with Crippen LogP contribution in [0.4, 0.5) is 5.69 Å². The van der Waals surface area contributed by atoms with Gasteiger partial charge in [0.2, 0.25) is 0 Å². The van der Waals surface area contributed by atoms with Crippen LogP contribution in [0.15, 0.2) is 21.1 Å². The third-order valence-electron chi connectivity index (χ3n) is 4.39. The molecule has 0 amide bonds. The van der Waals surface area contributed by atoms with Gasteiger partial charge < -0.3 is 5.32 Å². The summed E-state index contributed by atoms with van der Waals surface area (Å²) in [5.74, 6) is 0.733. The van der Waals surface area contributed by atoms with Crippen molar-refractivity contribution in [3.8, 4) is 0 Å². The SMILES string of the molecule is Cc1cc(Br)c(NC2CCCCC2C(C)(C)C)c(Br)c1. The van der Waals surface area contributed by atoms with Gasteiger partial charge in [-0.2, -0.15) is 0 Å². The summed E-state index contributed by atoms with van der Waals surface area (Å²) in [7, 11) is 0. The van der Waals surface area contributed by atoms with Crippen molar-refractivity contribution in [3.05, 3.63) is 26.6 Å². The molecule has 0 radical (unpaired) electrons. The second-order valence-electron chi connectivity index (χ2n) is 7.11. The van der Waals surface area contributed by atoms with Gasteiger partial charge in [0.05, 0.1) is 5.69 Å². The molecule has 1 aliphatic carbocycles. The zero-order valence-electron chi connectivity index (χ0n) is 12.9. The predicted octanol–water partition coefficient (Wildman–Crippen LogP) is 6.54. The quantitative estimate of drug-likeness (QED) is 0.592. The minimum absolute atomic E-state index is 0.363. The smallest absolute Gasteiger partial charge is 0.0631 e. The van der Waals surface area contributed by atoms with Gasteiger partial charge in [0, 0.05) is 15.0 Å². The standard InChI is InChI=1S/C17H25Br2N/c1-11-9-13(18)16(14(19)10-11)20-15-8-6-5-7-12(15)17(2,3)4/h9-10,12,15,20H,5-8H2,1-4H3. The van der Waals surface area contributed by atoms with Crippen molar-refractivity contribution in [2.24, 2.45) is 11.3 Å². The highest BCUT2D eigenvalue weighted by molar-refractivity contribution is 9.11. The summed E-state index contributed by atoms with van der Waals surface area (Å²) in [6.07, 6.45) is 5.32. The fourth-order valence-electron chi connectivity index (χ4n) is 3.36. The maximum absolute atomic E-state index is 3.81. The number of nitrogens with one attached hydrogen (secondary N) is 1. The van der Waals surface area contributed by atoms with Crippen LogP contribution in [0.5, 0.6) is 0 Å². The summed E-state index contributed by atoms with van der Waals surface area (Å²) in [6.45, 7) is 9.24. The van der Waals surface area contributed by atoms with E-state index in [0.717, 1.165) is 14.9 Å². The van der Waals surface area contributed by atoms with Crippen LogP contribution in [0.3, 0.4) is 0 Å². The van der Waals surface area contributed by atoms with E-state index in [4.69, 9.17) is 0 Å². The molecule has 1 aromatic rings. The molecule has 0 aliphatic heterocycles. The molecule has 0 aromatic heterocycles. The Morgan fingerprint density at radius 3 is 2.15 bits per heavy atom. The van der Waals surface area contributed by atoms with Gasteiger partial charge in [0.1, 0.15) is 0 Å². The number of benzene rings is 1. The summed E-state index contributed by atoms with van der Waals surface area (Å²) in [6, 6.07) is 4.93. The first-order valence-corrected chi connectivity index (χ1v) is 9.10. The van der Waals surface area contributed by atoms with Crippen LogP contribution in [0.2, 0.25) is 0 Å². The van der Waals surface area contributed by atoms with Crippen LogP contribution in [0.25, 0.3) is 0 Å². The zero-order valence-corrected chi connectivity index (χ0v) is 16.1. The van der Waals surface area contributed by atoms with Gasteiger partial charge in [-0.1, -0.05) is 33.6 Å². The third-order valence-corrected chi connectivity index (χ3v) is 5.65. The second kappa shape index (κ2) is 6.39. The lowest BCUT2D eigenvalue weighted by atomic mass is 9.69. The molecule has 20 heavy (non-hydrogen) atoms. The van der Waals surface area contributed by atoms with Gasteiger partial charge >= 0.3 is 0 Å². The first kappa shape index (κ1) is 16.4. The number of rotatable bonds is 2. The van der Waals surface area contributed by atoms with Crippen molar-refractivity contribution in [1.82, 2.24) is 0 Å². The summed E-state index contributed by atoms with van der Waals surface area (Å²) >= 11 is 7.41. The summed E-state index contributed by atoms with van der Waals surface area (Å²) < 4.78 is 2.31. The van der Waals surface area contributed by atoms with E-state index in [9.17, 15) is 0 Å². The molecule has 3 heteroatoms. The minimum Gasteiger partial charge on any atom is -0.380 e. The lowest BCUT2D eigenvalue weighted by Crippen LogP contribution is -2.39. The molecule has 0 bridgehead atoms. The Morgan fingerprint density at radius 2 is 1.60 bits per heavy atom. The Morgan fingerprint density at radius 1 is 1.05 bits per heavy atom. The molecule has 0 heterocycles. The van der Waals surface area contributed by atoms with Crippen molar-refractivity contribution in [3.63, 3.8) is 0 Å². The van der Waals surface area contributed by atoms with Gasteiger partial charge in [0.25, 0.3) is 0 Å². The van der Waals surface area contributed by atoms with E-state index in [0.29, 0.717) is 11.5 Å². The van der Waals surface area contributed by atoms with Crippen molar-refractivity contribution < 1.29 is 0 Å². The molecule has 2 unspecified atom stereocenters. The Bertz CT molecular complexity index is 453. The first-order valence-electron chi connectivity index (χ1n) is 7.51. The molecule has 1 saturated carbocycles. The molecule has 1 aromatic carbocycles. The molecule has 1 aliphatic rings. The first-order chi connectivity index (χ1) is 9.29. The van der Waals surface area contributed by atoms with Crippen molar-refractivity contribution in [1.29, 1.82) is 0 Å². The monoisotopic (exact) mass is 401 g/mol. The third kappa shape index (κ3) is 3.79. The molecule has 1 nitrogen and oxygen atoms in total. The van der Waals surface area contributed by atoms with Gasteiger partial charge in [-0.15, -0.1) is 0 Å². The molecular formula is C17H25Br2N. The summed E-state index contributed by atoms with van der Waals surface area (Å²) in [5, 5.41) is 3.81. The molecule has 0 saturated heterocycles. The molecule has 0 spiro atoms. The van der Waals surface area contributed by atoms with E-state index in [1.54, 1.807) is 0 Å². The van der Waals surface area contributed by atoms with E-state index in [1.807, 2.05) is 0 Å². The van der Waals surface area contributed by atoms with E-state index in [-0.39, 0.29) is 0 Å². The summed E-state index contributed by atoms with van der Waals surface area (Å²) in [5.41, 5.74) is 2.84.